The van der Waals surface area contributed by atoms with E-state index in [1.54, 1.807) is 31.3 Å². The van der Waals surface area contributed by atoms with Gasteiger partial charge in [-0.2, -0.15) is 0 Å². The van der Waals surface area contributed by atoms with Crippen LogP contribution in [0.1, 0.15) is 19.8 Å². The van der Waals surface area contributed by atoms with E-state index in [4.69, 9.17) is 4.74 Å². The highest BCUT2D eigenvalue weighted by Crippen LogP contribution is 2.31. The van der Waals surface area contributed by atoms with Crippen LogP contribution < -0.4 is 0 Å². The quantitative estimate of drug-likeness (QED) is 0.722. The highest BCUT2D eigenvalue weighted by Gasteiger charge is 2.36. The first-order valence-electron chi connectivity index (χ1n) is 8.65. The lowest BCUT2D eigenvalue weighted by molar-refractivity contribution is -0.149. The first-order chi connectivity index (χ1) is 12.9. The molecule has 3 rings (SSSR count). The van der Waals surface area contributed by atoms with Gasteiger partial charge < -0.3 is 9.64 Å². The molecule has 9 heteroatoms. The number of esters is 1. The summed E-state index contributed by atoms with van der Waals surface area (Å²) in [7, 11) is -4.16. The lowest BCUT2D eigenvalue weighted by Crippen LogP contribution is -2.44. The Hall–Kier alpha value is -2.26. The van der Waals surface area contributed by atoms with Crippen LogP contribution in [0.2, 0.25) is 0 Å². The number of hydrogen-bond acceptors (Lipinski definition) is 7. The smallest absolute Gasteiger partial charge is 0.344 e. The van der Waals surface area contributed by atoms with Gasteiger partial charge >= 0.3 is 11.2 Å². The molecule has 0 radical (unpaired) electrons. The lowest BCUT2D eigenvalue weighted by atomic mass is 9.99. The second-order valence-corrected chi connectivity index (χ2v) is 9.28. The Balaban J connectivity index is 1.77. The summed E-state index contributed by atoms with van der Waals surface area (Å²) < 4.78 is 30.5. The maximum atomic E-state index is 12.8. The Kier molecular flexibility index (Phi) is 5.91. The molecule has 27 heavy (non-hydrogen) atoms. The summed E-state index contributed by atoms with van der Waals surface area (Å²) in [5.74, 6) is -0.869. The van der Waals surface area contributed by atoms with Gasteiger partial charge in [-0.05, 0) is 44.0 Å². The molecule has 0 spiro atoms. The molecule has 2 aromatic rings. The zero-order valence-corrected chi connectivity index (χ0v) is 16.5. The summed E-state index contributed by atoms with van der Waals surface area (Å²) in [6.07, 6.45) is 2.78. The van der Waals surface area contributed by atoms with Crippen molar-refractivity contribution in [3.63, 3.8) is 0 Å². The van der Waals surface area contributed by atoms with Gasteiger partial charge in [-0.25, -0.2) is 8.42 Å². The molecule has 0 N–H and O–H groups in total. The number of carbonyl (C=O) groups is 2. The average molecular weight is 409 g/mol. The number of hydrogen-bond donors (Lipinski definition) is 0. The third-order valence-electron chi connectivity index (χ3n) is 4.29. The van der Waals surface area contributed by atoms with Crippen LogP contribution in [0, 0.1) is 5.92 Å². The number of sulfone groups is 1. The number of carbonyl (C=O) groups excluding carboxylic acids is 2. The summed E-state index contributed by atoms with van der Waals surface area (Å²) in [5, 5.41) is -0.967. The van der Waals surface area contributed by atoms with Gasteiger partial charge in [-0.15, -0.1) is 11.3 Å². The number of ether oxygens (including phenoxy) is 1. The number of aromatic nitrogens is 1. The molecule has 2 aromatic heterocycles. The number of amides is 1. The minimum atomic E-state index is -4.16. The summed E-state index contributed by atoms with van der Waals surface area (Å²) in [4.78, 5) is 30.7. The standard InChI is InChI=1S/C18H20N2O5S2/c1-2-25-17(21)13-6-5-11-20(12-13)18(22)27(23,24)16-9-8-15(26-16)14-7-3-4-10-19-14/h3-4,7-10,13H,2,5-6,11-12H2,1H3. The summed E-state index contributed by atoms with van der Waals surface area (Å²) in [6.45, 7) is 2.35. The van der Waals surface area contributed by atoms with E-state index >= 15 is 0 Å². The number of likely N-dealkylation sites (tertiary alicyclic amines) is 1. The molecule has 1 unspecified atom stereocenters. The maximum absolute atomic E-state index is 12.8. The second-order valence-electron chi connectivity index (χ2n) is 6.14. The van der Waals surface area contributed by atoms with E-state index in [2.05, 4.69) is 4.98 Å². The Morgan fingerprint density at radius 1 is 1.30 bits per heavy atom. The van der Waals surface area contributed by atoms with E-state index < -0.39 is 21.0 Å². The highest BCUT2D eigenvalue weighted by atomic mass is 32.2. The van der Waals surface area contributed by atoms with Gasteiger partial charge in [0.05, 0.1) is 23.1 Å². The van der Waals surface area contributed by atoms with Crippen molar-refractivity contribution in [1.82, 2.24) is 9.88 Å². The number of rotatable bonds is 4. The molecule has 1 amide bonds. The van der Waals surface area contributed by atoms with Gasteiger partial charge in [0.15, 0.2) is 0 Å². The Morgan fingerprint density at radius 2 is 2.11 bits per heavy atom. The first kappa shape index (κ1) is 19.5. The van der Waals surface area contributed by atoms with Crippen LogP contribution in [0.3, 0.4) is 0 Å². The summed E-state index contributed by atoms with van der Waals surface area (Å²) in [6, 6.07) is 8.43. The zero-order valence-electron chi connectivity index (χ0n) is 14.8. The molecule has 7 nitrogen and oxygen atoms in total. The van der Waals surface area contributed by atoms with Crippen LogP contribution in [-0.4, -0.2) is 49.2 Å². The molecule has 0 saturated carbocycles. The number of nitrogens with zero attached hydrogens (tertiary/aromatic N) is 2. The third-order valence-corrected chi connectivity index (χ3v) is 7.49. The molecule has 1 fully saturated rings. The van der Waals surface area contributed by atoms with Crippen molar-refractivity contribution in [2.45, 2.75) is 24.0 Å². The number of pyridine rings is 1. The first-order valence-corrected chi connectivity index (χ1v) is 11.0. The fourth-order valence-corrected chi connectivity index (χ4v) is 5.52. The molecular formula is C18H20N2O5S2. The van der Waals surface area contributed by atoms with Gasteiger partial charge in [-0.1, -0.05) is 6.07 Å². The van der Waals surface area contributed by atoms with E-state index in [1.807, 2.05) is 6.07 Å². The second kappa shape index (κ2) is 8.18. The topological polar surface area (TPSA) is 93.6 Å². The highest BCUT2D eigenvalue weighted by molar-refractivity contribution is 8.07. The summed E-state index contributed by atoms with van der Waals surface area (Å²) in [5.41, 5.74) is 0.650. The molecule has 144 valence electrons. The fourth-order valence-electron chi connectivity index (χ4n) is 2.96. The minimum absolute atomic E-state index is 0.0218. The minimum Gasteiger partial charge on any atom is -0.466 e. The lowest BCUT2D eigenvalue weighted by Gasteiger charge is -2.30. The Labute approximate surface area is 161 Å². The molecule has 1 aliphatic rings. The van der Waals surface area contributed by atoms with Crippen molar-refractivity contribution in [3.05, 3.63) is 36.5 Å². The van der Waals surface area contributed by atoms with Crippen LogP contribution in [0.15, 0.2) is 40.7 Å². The normalized spacial score (nSPS) is 17.5. The SMILES string of the molecule is CCOC(=O)C1CCCN(C(=O)S(=O)(=O)c2ccc(-c3ccccn3)s2)C1. The van der Waals surface area contributed by atoms with Gasteiger partial charge in [0, 0.05) is 19.3 Å². The van der Waals surface area contributed by atoms with Crippen LogP contribution in [0.25, 0.3) is 10.6 Å². The van der Waals surface area contributed by atoms with E-state index in [0.29, 0.717) is 30.0 Å². The molecule has 3 heterocycles. The monoisotopic (exact) mass is 408 g/mol. The van der Waals surface area contributed by atoms with Gasteiger partial charge in [0.25, 0.3) is 9.84 Å². The van der Waals surface area contributed by atoms with Crippen molar-refractivity contribution < 1.29 is 22.7 Å². The maximum Gasteiger partial charge on any atom is 0.344 e. The van der Waals surface area contributed by atoms with E-state index in [0.717, 1.165) is 11.3 Å². The molecule has 0 bridgehead atoms. The Morgan fingerprint density at radius 3 is 2.81 bits per heavy atom. The van der Waals surface area contributed by atoms with Gasteiger partial charge in [0.1, 0.15) is 4.21 Å². The molecule has 0 aromatic carbocycles. The number of piperidine rings is 1. The van der Waals surface area contributed by atoms with Crippen molar-refractivity contribution in [2.75, 3.05) is 19.7 Å². The van der Waals surface area contributed by atoms with Crippen molar-refractivity contribution >= 4 is 32.4 Å². The van der Waals surface area contributed by atoms with Crippen molar-refractivity contribution in [3.8, 4) is 10.6 Å². The average Bonchev–Trinajstić information content (AvgIpc) is 3.19. The molecule has 0 aliphatic carbocycles. The summed E-state index contributed by atoms with van der Waals surface area (Å²) >= 11 is 1.01. The molecule has 1 atom stereocenters. The molecule has 1 aliphatic heterocycles. The van der Waals surface area contributed by atoms with Crippen LogP contribution in [0.4, 0.5) is 4.79 Å². The van der Waals surface area contributed by atoms with Crippen molar-refractivity contribution in [1.29, 1.82) is 0 Å². The largest absolute Gasteiger partial charge is 0.466 e. The third kappa shape index (κ3) is 4.19. The van der Waals surface area contributed by atoms with Crippen LogP contribution >= 0.6 is 11.3 Å². The Bertz CT molecular complexity index is 924. The van der Waals surface area contributed by atoms with E-state index in [-0.39, 0.29) is 23.3 Å². The predicted molar refractivity (Wildman–Crippen MR) is 101 cm³/mol. The molecule has 1 saturated heterocycles. The van der Waals surface area contributed by atoms with Crippen molar-refractivity contribution in [2.24, 2.45) is 5.92 Å². The number of thiophene rings is 1. The molecular weight excluding hydrogens is 388 g/mol. The van der Waals surface area contributed by atoms with Gasteiger partial charge in [0.2, 0.25) is 0 Å². The van der Waals surface area contributed by atoms with Gasteiger partial charge in [-0.3, -0.25) is 14.6 Å². The van der Waals surface area contributed by atoms with E-state index in [9.17, 15) is 18.0 Å². The van der Waals surface area contributed by atoms with E-state index in [1.165, 1.54) is 11.0 Å². The fraction of sp³-hybridized carbons (Fsp3) is 0.389. The predicted octanol–water partition coefficient (Wildman–Crippen LogP) is 2.98. The van der Waals surface area contributed by atoms with Crippen LogP contribution in [-0.2, 0) is 19.4 Å². The van der Waals surface area contributed by atoms with Crippen LogP contribution in [0.5, 0.6) is 0 Å². The zero-order chi connectivity index (χ0) is 19.4.